The Labute approximate surface area is 109 Å². The number of benzene rings is 1. The number of hydrogen-bond donors (Lipinski definition) is 2. The molecule has 18 heavy (non-hydrogen) atoms. The highest BCUT2D eigenvalue weighted by molar-refractivity contribution is 7.89. The van der Waals surface area contributed by atoms with Gasteiger partial charge in [0, 0.05) is 24.8 Å². The minimum atomic E-state index is -3.60. The fraction of sp³-hybridized carbons (Fsp3) is 0.500. The maximum Gasteiger partial charge on any atom is 0.238 e. The molecule has 0 aliphatic carbocycles. The molecule has 0 saturated heterocycles. The van der Waals surface area contributed by atoms with Crippen LogP contribution in [0.1, 0.15) is 13.8 Å². The maximum atomic E-state index is 11.1. The van der Waals surface area contributed by atoms with E-state index in [1.54, 1.807) is 12.1 Å². The summed E-state index contributed by atoms with van der Waals surface area (Å²) in [6, 6.07) is 6.95. The zero-order chi connectivity index (χ0) is 13.8. The van der Waals surface area contributed by atoms with Crippen molar-refractivity contribution in [2.24, 2.45) is 5.14 Å². The van der Waals surface area contributed by atoms with Crippen LogP contribution in [0.4, 0.5) is 5.69 Å². The van der Waals surface area contributed by atoms with Gasteiger partial charge in [-0.1, -0.05) is 0 Å². The summed E-state index contributed by atoms with van der Waals surface area (Å²) in [7, 11) is -1.53. The molecule has 5 nitrogen and oxygen atoms in total. The molecule has 1 rings (SSSR count). The van der Waals surface area contributed by atoms with Crippen molar-refractivity contribution >= 4 is 15.7 Å². The van der Waals surface area contributed by atoms with Crippen LogP contribution < -0.4 is 10.5 Å². The molecule has 0 amide bonds. The number of nitrogens with two attached hydrogens (primary N) is 1. The van der Waals surface area contributed by atoms with Crippen molar-refractivity contribution in [3.8, 4) is 0 Å². The van der Waals surface area contributed by atoms with Crippen molar-refractivity contribution in [3.05, 3.63) is 24.3 Å². The van der Waals surface area contributed by atoms with Gasteiger partial charge in [-0.05, 0) is 45.2 Å². The molecule has 0 aromatic heterocycles. The number of nitrogens with zero attached hydrogens (tertiary/aromatic N) is 1. The highest BCUT2D eigenvalue weighted by Crippen LogP contribution is 2.12. The Kier molecular flexibility index (Phi) is 5.13. The van der Waals surface area contributed by atoms with Gasteiger partial charge < -0.3 is 10.2 Å². The summed E-state index contributed by atoms with van der Waals surface area (Å²) in [5.74, 6) is 0. The predicted molar refractivity (Wildman–Crippen MR) is 74.1 cm³/mol. The van der Waals surface area contributed by atoms with E-state index >= 15 is 0 Å². The minimum Gasteiger partial charge on any atom is -0.384 e. The molecule has 1 aromatic rings. The third kappa shape index (κ3) is 4.64. The van der Waals surface area contributed by atoms with E-state index in [1.165, 1.54) is 12.1 Å². The van der Waals surface area contributed by atoms with Crippen LogP contribution in [-0.4, -0.2) is 39.5 Å². The van der Waals surface area contributed by atoms with Gasteiger partial charge >= 0.3 is 0 Å². The molecule has 6 heteroatoms. The number of nitrogens with one attached hydrogen (secondary N) is 1. The van der Waals surface area contributed by atoms with Crippen molar-refractivity contribution < 1.29 is 8.42 Å². The van der Waals surface area contributed by atoms with Crippen LogP contribution in [0.5, 0.6) is 0 Å². The number of sulfonamides is 1. The van der Waals surface area contributed by atoms with Crippen LogP contribution in [0.2, 0.25) is 0 Å². The van der Waals surface area contributed by atoms with Gasteiger partial charge in [0.1, 0.15) is 0 Å². The molecule has 0 heterocycles. The molecule has 0 bridgehead atoms. The highest BCUT2D eigenvalue weighted by atomic mass is 32.2. The van der Waals surface area contributed by atoms with Gasteiger partial charge in [-0.2, -0.15) is 0 Å². The third-order valence-electron chi connectivity index (χ3n) is 2.86. The number of rotatable bonds is 6. The summed E-state index contributed by atoms with van der Waals surface area (Å²) in [6.07, 6.45) is 0. The lowest BCUT2D eigenvalue weighted by Crippen LogP contribution is -2.31. The molecule has 0 aliphatic heterocycles. The zero-order valence-electron chi connectivity index (χ0n) is 11.1. The van der Waals surface area contributed by atoms with Crippen LogP contribution in [0.25, 0.3) is 0 Å². The van der Waals surface area contributed by atoms with E-state index in [4.69, 9.17) is 5.14 Å². The number of anilines is 1. The molecular weight excluding hydrogens is 250 g/mol. The second-order valence-electron chi connectivity index (χ2n) is 4.57. The van der Waals surface area contributed by atoms with E-state index in [0.29, 0.717) is 6.04 Å². The van der Waals surface area contributed by atoms with Crippen molar-refractivity contribution in [3.63, 3.8) is 0 Å². The number of likely N-dealkylation sites (N-methyl/N-ethyl adjacent to an activating group) is 1. The largest absolute Gasteiger partial charge is 0.384 e. The van der Waals surface area contributed by atoms with E-state index in [1.807, 2.05) is 0 Å². The topological polar surface area (TPSA) is 75.4 Å². The Bertz CT molecular complexity index is 469. The first-order valence-electron chi connectivity index (χ1n) is 5.87. The summed E-state index contributed by atoms with van der Waals surface area (Å²) in [6.45, 7) is 6.01. The molecule has 102 valence electrons. The minimum absolute atomic E-state index is 0.132. The number of hydrogen-bond acceptors (Lipinski definition) is 4. The summed E-state index contributed by atoms with van der Waals surface area (Å²) in [5, 5.41) is 8.26. The highest BCUT2D eigenvalue weighted by Gasteiger charge is 2.06. The lowest BCUT2D eigenvalue weighted by Gasteiger charge is -2.21. The van der Waals surface area contributed by atoms with Gasteiger partial charge in [-0.15, -0.1) is 0 Å². The molecule has 0 saturated carbocycles. The average Bonchev–Trinajstić information content (AvgIpc) is 2.28. The Hall–Kier alpha value is -1.11. The zero-order valence-corrected chi connectivity index (χ0v) is 11.9. The lowest BCUT2D eigenvalue weighted by atomic mass is 10.3. The first-order valence-corrected chi connectivity index (χ1v) is 7.42. The van der Waals surface area contributed by atoms with Gasteiger partial charge in [0.15, 0.2) is 0 Å². The monoisotopic (exact) mass is 271 g/mol. The van der Waals surface area contributed by atoms with Crippen LogP contribution in [-0.2, 0) is 10.0 Å². The Morgan fingerprint density at radius 1 is 1.28 bits per heavy atom. The lowest BCUT2D eigenvalue weighted by molar-refractivity contribution is 0.284. The fourth-order valence-electron chi connectivity index (χ4n) is 1.40. The molecule has 0 unspecified atom stereocenters. The third-order valence-corrected chi connectivity index (χ3v) is 3.79. The van der Waals surface area contributed by atoms with Gasteiger partial charge in [-0.25, -0.2) is 13.6 Å². The predicted octanol–water partition coefficient (Wildman–Crippen LogP) is 1.09. The Balaban J connectivity index is 2.50. The van der Waals surface area contributed by atoms with Crippen LogP contribution in [0.3, 0.4) is 0 Å². The fourth-order valence-corrected chi connectivity index (χ4v) is 1.91. The SMILES string of the molecule is CC(C)N(C)CCNc1ccc(S(N)(=O)=O)cc1. The first kappa shape index (κ1) is 14.9. The van der Waals surface area contributed by atoms with Crippen molar-refractivity contribution in [1.29, 1.82) is 0 Å². The summed E-state index contributed by atoms with van der Waals surface area (Å²) >= 11 is 0. The van der Waals surface area contributed by atoms with Crippen LogP contribution >= 0.6 is 0 Å². The summed E-state index contributed by atoms with van der Waals surface area (Å²) in [4.78, 5) is 2.36. The van der Waals surface area contributed by atoms with Gasteiger partial charge in [0.05, 0.1) is 4.90 Å². The average molecular weight is 271 g/mol. The van der Waals surface area contributed by atoms with E-state index in [0.717, 1.165) is 18.8 Å². The summed E-state index contributed by atoms with van der Waals surface area (Å²) < 4.78 is 22.1. The van der Waals surface area contributed by atoms with Crippen LogP contribution in [0, 0.1) is 0 Å². The van der Waals surface area contributed by atoms with E-state index in [9.17, 15) is 8.42 Å². The quantitative estimate of drug-likeness (QED) is 0.812. The molecule has 3 N–H and O–H groups in total. The molecule has 1 aromatic carbocycles. The van der Waals surface area contributed by atoms with E-state index in [2.05, 4.69) is 31.1 Å². The van der Waals surface area contributed by atoms with Crippen molar-refractivity contribution in [2.45, 2.75) is 24.8 Å². The Morgan fingerprint density at radius 2 is 1.83 bits per heavy atom. The maximum absolute atomic E-state index is 11.1. The molecular formula is C12H21N3O2S. The standard InChI is InChI=1S/C12H21N3O2S/c1-10(2)15(3)9-8-14-11-4-6-12(7-5-11)18(13,16)17/h4-7,10,14H,8-9H2,1-3H3,(H2,13,16,17). The molecule has 0 spiro atoms. The Morgan fingerprint density at radius 3 is 2.28 bits per heavy atom. The first-order chi connectivity index (χ1) is 8.30. The smallest absolute Gasteiger partial charge is 0.238 e. The van der Waals surface area contributed by atoms with Crippen molar-refractivity contribution in [1.82, 2.24) is 4.90 Å². The van der Waals surface area contributed by atoms with Gasteiger partial charge in [0.2, 0.25) is 10.0 Å². The molecule has 0 aliphatic rings. The molecule has 0 fully saturated rings. The van der Waals surface area contributed by atoms with Gasteiger partial charge in [0.25, 0.3) is 0 Å². The normalized spacial score (nSPS) is 12.1. The molecule has 0 atom stereocenters. The van der Waals surface area contributed by atoms with Crippen molar-refractivity contribution in [2.75, 3.05) is 25.5 Å². The van der Waals surface area contributed by atoms with Gasteiger partial charge in [-0.3, -0.25) is 0 Å². The van der Waals surface area contributed by atoms with Crippen LogP contribution in [0.15, 0.2) is 29.2 Å². The second-order valence-corrected chi connectivity index (χ2v) is 6.13. The number of primary sulfonamides is 1. The molecule has 0 radical (unpaired) electrons. The van der Waals surface area contributed by atoms with E-state index < -0.39 is 10.0 Å². The summed E-state index contributed by atoms with van der Waals surface area (Å²) in [5.41, 5.74) is 0.888. The second kappa shape index (κ2) is 6.17. The van der Waals surface area contributed by atoms with E-state index in [-0.39, 0.29) is 4.90 Å².